The highest BCUT2D eigenvalue weighted by Gasteiger charge is 2.37. The van der Waals surface area contributed by atoms with Crippen molar-refractivity contribution < 1.29 is 0 Å². The number of aromatic nitrogens is 1. The van der Waals surface area contributed by atoms with Crippen LogP contribution in [0.25, 0.3) is 33.8 Å². The van der Waals surface area contributed by atoms with Gasteiger partial charge in [-0.25, -0.2) is 0 Å². The molecular formula is C46H52N2. The van der Waals surface area contributed by atoms with Gasteiger partial charge in [-0.3, -0.25) is 0 Å². The Morgan fingerprint density at radius 2 is 1.44 bits per heavy atom. The molecule has 2 nitrogen and oxygen atoms in total. The molecule has 0 radical (unpaired) electrons. The molecule has 4 aromatic rings. The van der Waals surface area contributed by atoms with Gasteiger partial charge in [-0.2, -0.15) is 0 Å². The van der Waals surface area contributed by atoms with Gasteiger partial charge in [-0.05, 0) is 109 Å². The topological polar surface area (TPSA) is 8.17 Å². The number of hydrogen-bond donors (Lipinski definition) is 0. The zero-order valence-electron chi connectivity index (χ0n) is 30.6. The van der Waals surface area contributed by atoms with Crippen molar-refractivity contribution in [1.82, 2.24) is 4.57 Å². The van der Waals surface area contributed by atoms with E-state index in [2.05, 4.69) is 182 Å². The molecule has 0 N–H and O–H groups in total. The summed E-state index contributed by atoms with van der Waals surface area (Å²) < 4.78 is 2.61. The van der Waals surface area contributed by atoms with Gasteiger partial charge in [0.25, 0.3) is 0 Å². The van der Waals surface area contributed by atoms with Gasteiger partial charge < -0.3 is 9.47 Å². The molecule has 0 spiro atoms. The molecule has 3 aliphatic rings. The molecular weight excluding hydrogens is 581 g/mol. The van der Waals surface area contributed by atoms with Gasteiger partial charge in [0.15, 0.2) is 0 Å². The van der Waals surface area contributed by atoms with Gasteiger partial charge in [0.05, 0.1) is 11.6 Å². The Morgan fingerprint density at radius 1 is 0.771 bits per heavy atom. The minimum Gasteiger partial charge on any atom is -0.333 e. The normalized spacial score (nSPS) is 20.8. The number of hydrogen-bond acceptors (Lipinski definition) is 1. The second-order valence-electron chi connectivity index (χ2n) is 16.3. The highest BCUT2D eigenvalue weighted by Crippen LogP contribution is 2.46. The van der Waals surface area contributed by atoms with Crippen LogP contribution >= 0.6 is 0 Å². The quantitative estimate of drug-likeness (QED) is 0.217. The molecule has 0 saturated heterocycles. The fourth-order valence-electron chi connectivity index (χ4n) is 8.34. The van der Waals surface area contributed by atoms with Crippen molar-refractivity contribution >= 4 is 22.7 Å². The van der Waals surface area contributed by atoms with E-state index in [4.69, 9.17) is 0 Å². The molecule has 0 saturated carbocycles. The average molecular weight is 633 g/mol. The Bertz CT molecular complexity index is 2070. The fraction of sp³-hybridized carbons (Fsp3) is 0.348. The third-order valence-electron chi connectivity index (χ3n) is 11.3. The molecule has 2 aliphatic carbocycles. The largest absolute Gasteiger partial charge is 0.333 e. The van der Waals surface area contributed by atoms with Gasteiger partial charge in [-0.15, -0.1) is 0 Å². The molecule has 3 unspecified atom stereocenters. The maximum Gasteiger partial charge on any atom is 0.0626 e. The lowest BCUT2D eigenvalue weighted by Gasteiger charge is -2.32. The Kier molecular flexibility index (Phi) is 7.86. The van der Waals surface area contributed by atoms with E-state index in [0.717, 1.165) is 6.42 Å². The molecule has 3 atom stereocenters. The van der Waals surface area contributed by atoms with E-state index >= 15 is 0 Å². The van der Waals surface area contributed by atoms with Gasteiger partial charge in [0.2, 0.25) is 0 Å². The average Bonchev–Trinajstić information content (AvgIpc) is 3.52. The highest BCUT2D eigenvalue weighted by molar-refractivity contribution is 5.94. The van der Waals surface area contributed by atoms with Crippen molar-refractivity contribution in [2.24, 2.45) is 17.3 Å². The van der Waals surface area contributed by atoms with E-state index in [-0.39, 0.29) is 10.8 Å². The second-order valence-corrected chi connectivity index (χ2v) is 16.3. The third-order valence-corrected chi connectivity index (χ3v) is 11.3. The summed E-state index contributed by atoms with van der Waals surface area (Å²) in [5.41, 5.74) is 16.3. The summed E-state index contributed by atoms with van der Waals surface area (Å²) >= 11 is 0. The van der Waals surface area contributed by atoms with Gasteiger partial charge in [0, 0.05) is 39.6 Å². The third kappa shape index (κ3) is 5.16. The first kappa shape index (κ1) is 32.3. The van der Waals surface area contributed by atoms with Crippen LogP contribution in [0, 0.1) is 31.1 Å². The van der Waals surface area contributed by atoms with Crippen molar-refractivity contribution in [1.29, 1.82) is 0 Å². The first-order chi connectivity index (χ1) is 22.8. The maximum absolute atomic E-state index is 2.61. The first-order valence-electron chi connectivity index (χ1n) is 17.8. The smallest absolute Gasteiger partial charge is 0.0626 e. The monoisotopic (exact) mass is 632 g/mol. The summed E-state index contributed by atoms with van der Waals surface area (Å²) in [6.07, 6.45) is 19.5. The Hall–Kier alpha value is -4.30. The van der Waals surface area contributed by atoms with E-state index in [0.29, 0.717) is 17.9 Å². The van der Waals surface area contributed by atoms with E-state index in [1.165, 1.54) is 72.6 Å². The van der Waals surface area contributed by atoms with Crippen molar-refractivity contribution in [3.05, 3.63) is 136 Å². The molecule has 3 aromatic carbocycles. The predicted octanol–water partition coefficient (Wildman–Crippen LogP) is 12.2. The zero-order chi connectivity index (χ0) is 34.1. The van der Waals surface area contributed by atoms with Crippen LogP contribution in [-0.2, 0) is 11.8 Å². The van der Waals surface area contributed by atoms with Crippen LogP contribution in [-0.4, -0.2) is 10.6 Å². The zero-order valence-corrected chi connectivity index (χ0v) is 30.6. The summed E-state index contributed by atoms with van der Waals surface area (Å²) in [7, 11) is 0. The van der Waals surface area contributed by atoms with E-state index in [1.54, 1.807) is 0 Å². The molecule has 1 aromatic heterocycles. The summed E-state index contributed by atoms with van der Waals surface area (Å²) in [6, 6.07) is 21.3. The van der Waals surface area contributed by atoms with Crippen molar-refractivity contribution in [3.8, 4) is 16.8 Å². The minimum atomic E-state index is 0.0680. The van der Waals surface area contributed by atoms with Crippen molar-refractivity contribution in [2.75, 3.05) is 4.90 Å². The molecule has 1 aliphatic heterocycles. The van der Waals surface area contributed by atoms with E-state index in [1.807, 2.05) is 0 Å². The lowest BCUT2D eigenvalue weighted by atomic mass is 9.75. The Labute approximate surface area is 288 Å². The van der Waals surface area contributed by atoms with Crippen LogP contribution in [0.5, 0.6) is 0 Å². The summed E-state index contributed by atoms with van der Waals surface area (Å²) in [5, 5.41) is 1.35. The molecule has 0 amide bonds. The summed E-state index contributed by atoms with van der Waals surface area (Å²) in [5.74, 6) is 0.875. The van der Waals surface area contributed by atoms with Crippen LogP contribution in [0.1, 0.15) is 83.3 Å². The Morgan fingerprint density at radius 3 is 2.10 bits per heavy atom. The SMILES string of the molecule is CC=CC1=C(C)C2C=CC=CC2N1c1cccc(-c2cccc(-n3c4c(c5ccc(C(C)(C)C)cc53)C=CC(C(C)(C)C)C4)c2C)c1C. The molecule has 2 heterocycles. The molecule has 246 valence electrons. The predicted molar refractivity (Wildman–Crippen MR) is 208 cm³/mol. The lowest BCUT2D eigenvalue weighted by Crippen LogP contribution is -2.33. The van der Waals surface area contributed by atoms with Crippen molar-refractivity contribution in [3.63, 3.8) is 0 Å². The summed E-state index contributed by atoms with van der Waals surface area (Å²) in [6.45, 7) is 23.2. The number of nitrogens with zero attached hydrogens (tertiary/aromatic N) is 2. The molecule has 0 bridgehead atoms. The molecule has 0 fully saturated rings. The fourth-order valence-corrected chi connectivity index (χ4v) is 8.34. The Balaban J connectivity index is 1.42. The number of allylic oxidation sites excluding steroid dienone is 5. The number of benzene rings is 3. The number of rotatable bonds is 4. The number of anilines is 1. The van der Waals surface area contributed by atoms with Crippen LogP contribution in [0.3, 0.4) is 0 Å². The molecule has 2 heteroatoms. The van der Waals surface area contributed by atoms with Gasteiger partial charge >= 0.3 is 0 Å². The number of fused-ring (bicyclic) bond motifs is 4. The van der Waals surface area contributed by atoms with Crippen LogP contribution < -0.4 is 4.90 Å². The minimum absolute atomic E-state index is 0.0680. The van der Waals surface area contributed by atoms with Crippen LogP contribution in [0.2, 0.25) is 0 Å². The van der Waals surface area contributed by atoms with Gasteiger partial charge in [0.1, 0.15) is 0 Å². The van der Waals surface area contributed by atoms with E-state index < -0.39 is 0 Å². The molecule has 48 heavy (non-hydrogen) atoms. The molecule has 7 rings (SSSR count). The van der Waals surface area contributed by atoms with Gasteiger partial charge in [-0.1, -0.05) is 120 Å². The van der Waals surface area contributed by atoms with Crippen molar-refractivity contribution in [2.45, 2.75) is 87.1 Å². The first-order valence-corrected chi connectivity index (χ1v) is 17.8. The summed E-state index contributed by atoms with van der Waals surface area (Å²) in [4.78, 5) is 2.57. The lowest BCUT2D eigenvalue weighted by molar-refractivity contribution is 0.288. The van der Waals surface area contributed by atoms with Crippen LogP contribution in [0.15, 0.2) is 108 Å². The van der Waals surface area contributed by atoms with Crippen LogP contribution in [0.4, 0.5) is 5.69 Å². The standard InChI is InChI=1S/C46H52N2/c1-11-16-39-31(4)36-17-12-13-20-42(36)47(39)40-21-14-18-34(29(40)2)35-19-15-22-41(30(35)3)48-43-27-32(45(5,6)7)23-25-37(43)38-26-24-33(28-44(38)48)46(8,9)10/h11-27,33,36,42H,28H2,1-10H3. The highest BCUT2D eigenvalue weighted by atomic mass is 15.2. The maximum atomic E-state index is 2.61. The second kappa shape index (κ2) is 11.7. The van der Waals surface area contributed by atoms with E-state index in [9.17, 15) is 0 Å².